The Balaban J connectivity index is 2.27. The Bertz CT molecular complexity index is 301. The van der Waals surface area contributed by atoms with Gasteiger partial charge in [-0.25, -0.2) is 0 Å². The summed E-state index contributed by atoms with van der Waals surface area (Å²) in [5.41, 5.74) is 6.66. The molecule has 118 valence electrons. The van der Waals surface area contributed by atoms with Crippen molar-refractivity contribution in [3.8, 4) is 0 Å². The van der Waals surface area contributed by atoms with Crippen LogP contribution in [0.5, 0.6) is 0 Å². The molecule has 0 radical (unpaired) electrons. The smallest absolute Gasteiger partial charge is 0.0387 e. The van der Waals surface area contributed by atoms with Crippen molar-refractivity contribution in [3.63, 3.8) is 0 Å². The van der Waals surface area contributed by atoms with Crippen molar-refractivity contribution in [2.75, 3.05) is 32.7 Å². The van der Waals surface area contributed by atoms with Crippen LogP contribution in [-0.4, -0.2) is 54.1 Å². The quantitative estimate of drug-likeness (QED) is 0.778. The van der Waals surface area contributed by atoms with Crippen LogP contribution in [0, 0.1) is 11.8 Å². The molecule has 20 heavy (non-hydrogen) atoms. The number of nitrogens with zero attached hydrogens (tertiary/aromatic N) is 2. The van der Waals surface area contributed by atoms with Crippen LogP contribution in [0.1, 0.15) is 53.4 Å². The van der Waals surface area contributed by atoms with E-state index in [0.717, 1.165) is 18.4 Å². The van der Waals surface area contributed by atoms with E-state index >= 15 is 0 Å². The minimum atomic E-state index is 0.272. The summed E-state index contributed by atoms with van der Waals surface area (Å²) < 4.78 is 0. The van der Waals surface area contributed by atoms with Gasteiger partial charge in [0.15, 0.2) is 0 Å². The molecular weight excluding hydrogens is 246 g/mol. The van der Waals surface area contributed by atoms with Gasteiger partial charge >= 0.3 is 0 Å². The summed E-state index contributed by atoms with van der Waals surface area (Å²) in [6.07, 6.45) is 5.13. The van der Waals surface area contributed by atoms with E-state index < -0.39 is 0 Å². The SMILES string of the molecule is CCC(CC)N(CC(C)C)C1(CN)CCN2CCC1C2. The molecule has 0 saturated carbocycles. The normalized spacial score (nSPS) is 33.6. The molecule has 2 heterocycles. The van der Waals surface area contributed by atoms with Gasteiger partial charge in [-0.2, -0.15) is 0 Å². The number of piperidine rings is 1. The molecule has 2 saturated heterocycles. The van der Waals surface area contributed by atoms with Crippen molar-refractivity contribution in [2.45, 2.75) is 65.0 Å². The van der Waals surface area contributed by atoms with Gasteiger partial charge in [-0.05, 0) is 50.6 Å². The van der Waals surface area contributed by atoms with E-state index in [1.165, 1.54) is 51.9 Å². The van der Waals surface area contributed by atoms with Gasteiger partial charge < -0.3 is 10.6 Å². The first kappa shape index (κ1) is 16.3. The lowest BCUT2D eigenvalue weighted by Gasteiger charge is -2.53. The molecule has 2 bridgehead atoms. The average Bonchev–Trinajstić information content (AvgIpc) is 2.84. The Hall–Kier alpha value is -0.120. The molecular formula is C17H35N3. The number of fused-ring (bicyclic) bond motifs is 2. The number of hydrogen-bond donors (Lipinski definition) is 1. The van der Waals surface area contributed by atoms with Crippen LogP contribution in [0.2, 0.25) is 0 Å². The fraction of sp³-hybridized carbons (Fsp3) is 1.00. The zero-order chi connectivity index (χ0) is 14.8. The molecule has 2 fully saturated rings. The molecule has 0 spiro atoms. The topological polar surface area (TPSA) is 32.5 Å². The van der Waals surface area contributed by atoms with Crippen molar-refractivity contribution in [3.05, 3.63) is 0 Å². The van der Waals surface area contributed by atoms with Crippen LogP contribution in [0.25, 0.3) is 0 Å². The minimum Gasteiger partial charge on any atom is -0.329 e. The molecule has 0 aliphatic carbocycles. The lowest BCUT2D eigenvalue weighted by molar-refractivity contribution is -0.0317. The summed E-state index contributed by atoms with van der Waals surface area (Å²) in [4.78, 5) is 5.48. The Labute approximate surface area is 125 Å². The van der Waals surface area contributed by atoms with E-state index in [2.05, 4.69) is 37.5 Å². The second-order valence-electron chi connectivity index (χ2n) is 7.36. The number of rotatable bonds is 7. The first-order chi connectivity index (χ1) is 9.57. The summed E-state index contributed by atoms with van der Waals surface area (Å²) >= 11 is 0. The molecule has 2 aliphatic heterocycles. The predicted molar refractivity (Wildman–Crippen MR) is 86.9 cm³/mol. The van der Waals surface area contributed by atoms with E-state index in [-0.39, 0.29) is 5.54 Å². The highest BCUT2D eigenvalue weighted by Crippen LogP contribution is 2.41. The van der Waals surface area contributed by atoms with E-state index in [1.807, 2.05) is 0 Å². The summed E-state index contributed by atoms with van der Waals surface area (Å²) in [5, 5.41) is 0. The highest BCUT2D eigenvalue weighted by atomic mass is 15.3. The fourth-order valence-electron chi connectivity index (χ4n) is 4.61. The van der Waals surface area contributed by atoms with Gasteiger partial charge in [-0.3, -0.25) is 4.90 Å². The van der Waals surface area contributed by atoms with Gasteiger partial charge in [0.2, 0.25) is 0 Å². The Morgan fingerprint density at radius 3 is 2.50 bits per heavy atom. The molecule has 3 atom stereocenters. The first-order valence-electron chi connectivity index (χ1n) is 8.76. The molecule has 3 heteroatoms. The third-order valence-electron chi connectivity index (χ3n) is 5.76. The summed E-state index contributed by atoms with van der Waals surface area (Å²) in [7, 11) is 0. The maximum atomic E-state index is 6.39. The first-order valence-corrected chi connectivity index (χ1v) is 8.76. The van der Waals surface area contributed by atoms with Crippen molar-refractivity contribution < 1.29 is 0 Å². The molecule has 0 aromatic heterocycles. The number of nitrogens with two attached hydrogens (primary N) is 1. The zero-order valence-corrected chi connectivity index (χ0v) is 14.1. The third-order valence-corrected chi connectivity index (χ3v) is 5.76. The van der Waals surface area contributed by atoms with Crippen LogP contribution in [0.3, 0.4) is 0 Å². The van der Waals surface area contributed by atoms with E-state index in [9.17, 15) is 0 Å². The van der Waals surface area contributed by atoms with Gasteiger partial charge in [-0.15, -0.1) is 0 Å². The number of hydrogen-bond acceptors (Lipinski definition) is 3. The summed E-state index contributed by atoms with van der Waals surface area (Å²) in [5.74, 6) is 1.51. The molecule has 0 aromatic carbocycles. The van der Waals surface area contributed by atoms with Gasteiger partial charge in [0.1, 0.15) is 0 Å². The van der Waals surface area contributed by atoms with Gasteiger partial charge in [0.05, 0.1) is 0 Å². The van der Waals surface area contributed by atoms with Crippen LogP contribution in [0.4, 0.5) is 0 Å². The van der Waals surface area contributed by atoms with Crippen LogP contribution < -0.4 is 5.73 Å². The lowest BCUT2D eigenvalue weighted by atomic mass is 9.75. The maximum absolute atomic E-state index is 6.39. The van der Waals surface area contributed by atoms with Gasteiger partial charge in [0, 0.05) is 31.2 Å². The molecule has 3 nitrogen and oxygen atoms in total. The van der Waals surface area contributed by atoms with E-state index in [4.69, 9.17) is 5.73 Å². The molecule has 2 N–H and O–H groups in total. The van der Waals surface area contributed by atoms with Crippen molar-refractivity contribution in [1.82, 2.24) is 9.80 Å². The summed E-state index contributed by atoms with van der Waals surface area (Å²) in [6, 6.07) is 0.702. The largest absolute Gasteiger partial charge is 0.329 e. The molecule has 0 aromatic rings. The molecule has 2 rings (SSSR count). The van der Waals surface area contributed by atoms with Gasteiger partial charge in [-0.1, -0.05) is 27.7 Å². The third kappa shape index (κ3) is 2.90. The predicted octanol–water partition coefficient (Wildman–Crippen LogP) is 2.56. The summed E-state index contributed by atoms with van der Waals surface area (Å²) in [6.45, 7) is 15.3. The molecule has 2 aliphatic rings. The average molecular weight is 281 g/mol. The highest BCUT2D eigenvalue weighted by molar-refractivity contribution is 5.06. The monoisotopic (exact) mass is 281 g/mol. The van der Waals surface area contributed by atoms with Crippen molar-refractivity contribution in [1.29, 1.82) is 0 Å². The Morgan fingerprint density at radius 1 is 1.25 bits per heavy atom. The van der Waals surface area contributed by atoms with E-state index in [0.29, 0.717) is 6.04 Å². The second kappa shape index (κ2) is 6.76. The van der Waals surface area contributed by atoms with Crippen molar-refractivity contribution in [2.24, 2.45) is 17.6 Å². The second-order valence-corrected chi connectivity index (χ2v) is 7.36. The molecule has 0 amide bonds. The minimum absolute atomic E-state index is 0.272. The lowest BCUT2D eigenvalue weighted by Crippen LogP contribution is -2.65. The Kier molecular flexibility index (Phi) is 5.49. The maximum Gasteiger partial charge on any atom is 0.0387 e. The van der Waals surface area contributed by atoms with Crippen LogP contribution in [0.15, 0.2) is 0 Å². The fourth-order valence-corrected chi connectivity index (χ4v) is 4.61. The molecule has 3 unspecified atom stereocenters. The van der Waals surface area contributed by atoms with Crippen LogP contribution >= 0.6 is 0 Å². The van der Waals surface area contributed by atoms with E-state index in [1.54, 1.807) is 0 Å². The highest BCUT2D eigenvalue weighted by Gasteiger charge is 2.50. The van der Waals surface area contributed by atoms with Gasteiger partial charge in [0.25, 0.3) is 0 Å². The van der Waals surface area contributed by atoms with Crippen molar-refractivity contribution >= 4 is 0 Å². The Morgan fingerprint density at radius 2 is 1.95 bits per heavy atom. The van der Waals surface area contributed by atoms with Crippen LogP contribution in [-0.2, 0) is 0 Å². The zero-order valence-electron chi connectivity index (χ0n) is 14.1. The standard InChI is InChI=1S/C17H35N3/c1-5-16(6-2)20(11-14(3)4)17(13-18)8-10-19-9-7-15(17)12-19/h14-16H,5-13,18H2,1-4H3.